The molecule has 3 aromatic rings. The number of nitrogens with zero attached hydrogens (tertiary/aromatic N) is 1. The molecule has 0 aromatic heterocycles. The third-order valence-electron chi connectivity index (χ3n) is 4.65. The number of rotatable bonds is 2. The van der Waals surface area contributed by atoms with Gasteiger partial charge in [-0.2, -0.15) is 0 Å². The number of hydrogen-bond donors (Lipinski definition) is 1. The minimum atomic E-state index is -1.68. The monoisotopic (exact) mass is 315 g/mol. The maximum atomic E-state index is 13.0. The number of amides is 1. The standard InChI is InChI=1S/C21H17NO2/c1-15-14-22(19-9-3-2-4-10-19)20(23)21(15,24)18-12-11-16-7-5-6-8-17(16)13-18/h2-13,24H,1,14H2. The second kappa shape index (κ2) is 5.32. The quantitative estimate of drug-likeness (QED) is 0.734. The topological polar surface area (TPSA) is 40.5 Å². The van der Waals surface area contributed by atoms with Gasteiger partial charge in [-0.05, 0) is 40.1 Å². The van der Waals surface area contributed by atoms with Crippen LogP contribution in [-0.4, -0.2) is 17.6 Å². The van der Waals surface area contributed by atoms with Crippen molar-refractivity contribution in [2.75, 3.05) is 11.4 Å². The first-order chi connectivity index (χ1) is 11.6. The maximum absolute atomic E-state index is 13.0. The highest BCUT2D eigenvalue weighted by Gasteiger charge is 2.50. The average Bonchev–Trinajstić information content (AvgIpc) is 2.87. The zero-order valence-corrected chi connectivity index (χ0v) is 13.1. The van der Waals surface area contributed by atoms with E-state index in [2.05, 4.69) is 6.58 Å². The van der Waals surface area contributed by atoms with Gasteiger partial charge in [0.25, 0.3) is 5.91 Å². The van der Waals surface area contributed by atoms with Crippen molar-refractivity contribution in [2.45, 2.75) is 5.60 Å². The van der Waals surface area contributed by atoms with E-state index in [-0.39, 0.29) is 5.91 Å². The van der Waals surface area contributed by atoms with Crippen LogP contribution in [0.25, 0.3) is 10.8 Å². The first-order valence-corrected chi connectivity index (χ1v) is 7.87. The van der Waals surface area contributed by atoms with Crippen LogP contribution in [-0.2, 0) is 10.4 Å². The van der Waals surface area contributed by atoms with Gasteiger partial charge in [0.15, 0.2) is 5.60 Å². The van der Waals surface area contributed by atoms with Crippen molar-refractivity contribution in [2.24, 2.45) is 0 Å². The molecule has 1 unspecified atom stereocenters. The van der Waals surface area contributed by atoms with Crippen LogP contribution in [0.5, 0.6) is 0 Å². The number of carbonyl (C=O) groups excluding carboxylic acids is 1. The Hall–Kier alpha value is -2.91. The molecular weight excluding hydrogens is 298 g/mol. The van der Waals surface area contributed by atoms with Gasteiger partial charge in [-0.3, -0.25) is 4.79 Å². The fourth-order valence-electron chi connectivity index (χ4n) is 3.28. The van der Waals surface area contributed by atoms with Crippen LogP contribution in [0.1, 0.15) is 5.56 Å². The van der Waals surface area contributed by atoms with Gasteiger partial charge in [-0.15, -0.1) is 0 Å². The normalized spacial score (nSPS) is 20.8. The van der Waals surface area contributed by atoms with Gasteiger partial charge >= 0.3 is 0 Å². The predicted octanol–water partition coefficient (Wildman–Crippen LogP) is 3.63. The van der Waals surface area contributed by atoms with Crippen molar-refractivity contribution in [1.82, 2.24) is 0 Å². The van der Waals surface area contributed by atoms with Gasteiger partial charge in [0.1, 0.15) is 0 Å². The van der Waals surface area contributed by atoms with E-state index in [0.717, 1.165) is 16.5 Å². The van der Waals surface area contributed by atoms with Crippen molar-refractivity contribution in [3.05, 3.63) is 90.5 Å². The van der Waals surface area contributed by atoms with Gasteiger partial charge in [-0.1, -0.05) is 61.2 Å². The molecule has 3 heteroatoms. The van der Waals surface area contributed by atoms with E-state index in [1.54, 1.807) is 11.0 Å². The molecule has 1 saturated heterocycles. The van der Waals surface area contributed by atoms with Crippen LogP contribution >= 0.6 is 0 Å². The smallest absolute Gasteiger partial charge is 0.268 e. The van der Waals surface area contributed by atoms with Crippen molar-refractivity contribution in [1.29, 1.82) is 0 Å². The lowest BCUT2D eigenvalue weighted by atomic mass is 9.87. The third-order valence-corrected chi connectivity index (χ3v) is 4.65. The minimum absolute atomic E-state index is 0.312. The molecule has 0 bridgehead atoms. The van der Waals surface area contributed by atoms with Gasteiger partial charge in [-0.25, -0.2) is 0 Å². The van der Waals surface area contributed by atoms with E-state index in [1.165, 1.54) is 0 Å². The molecule has 3 nitrogen and oxygen atoms in total. The summed E-state index contributed by atoms with van der Waals surface area (Å²) in [6.07, 6.45) is 0. The van der Waals surface area contributed by atoms with E-state index in [4.69, 9.17) is 0 Å². The number of benzene rings is 3. The lowest BCUT2D eigenvalue weighted by Gasteiger charge is -2.23. The Morgan fingerprint density at radius 1 is 0.917 bits per heavy atom. The first-order valence-electron chi connectivity index (χ1n) is 7.87. The number of hydrogen-bond acceptors (Lipinski definition) is 2. The van der Waals surface area contributed by atoms with Gasteiger partial charge < -0.3 is 10.0 Å². The molecule has 1 N–H and O–H groups in total. The van der Waals surface area contributed by atoms with Crippen molar-refractivity contribution >= 4 is 22.4 Å². The molecule has 4 rings (SSSR count). The van der Waals surface area contributed by atoms with Crippen LogP contribution in [0.15, 0.2) is 84.9 Å². The fourth-order valence-corrected chi connectivity index (χ4v) is 3.28. The molecule has 0 radical (unpaired) electrons. The second-order valence-electron chi connectivity index (χ2n) is 6.10. The van der Waals surface area contributed by atoms with E-state index in [0.29, 0.717) is 17.7 Å². The molecule has 1 aliphatic rings. The largest absolute Gasteiger partial charge is 0.372 e. The third kappa shape index (κ3) is 2.06. The van der Waals surface area contributed by atoms with Crippen LogP contribution in [0.2, 0.25) is 0 Å². The van der Waals surface area contributed by atoms with E-state index >= 15 is 0 Å². The molecule has 1 atom stereocenters. The highest BCUT2D eigenvalue weighted by Crippen LogP contribution is 2.39. The number of fused-ring (bicyclic) bond motifs is 1. The van der Waals surface area contributed by atoms with Crippen molar-refractivity contribution in [3.8, 4) is 0 Å². The molecular formula is C21H17NO2. The Morgan fingerprint density at radius 3 is 2.33 bits per heavy atom. The summed E-state index contributed by atoms with van der Waals surface area (Å²) in [5.41, 5.74) is 0.140. The zero-order valence-electron chi connectivity index (χ0n) is 13.1. The maximum Gasteiger partial charge on any atom is 0.268 e. The van der Waals surface area contributed by atoms with Gasteiger partial charge in [0.05, 0.1) is 6.54 Å². The molecule has 0 aliphatic carbocycles. The molecule has 1 heterocycles. The number of para-hydroxylation sites is 1. The number of anilines is 1. The predicted molar refractivity (Wildman–Crippen MR) is 95.8 cm³/mol. The van der Waals surface area contributed by atoms with Crippen LogP contribution in [0.4, 0.5) is 5.69 Å². The Morgan fingerprint density at radius 2 is 1.58 bits per heavy atom. The number of carbonyl (C=O) groups is 1. The van der Waals surface area contributed by atoms with Gasteiger partial charge in [0, 0.05) is 5.69 Å². The lowest BCUT2D eigenvalue weighted by molar-refractivity contribution is -0.131. The van der Waals surface area contributed by atoms with Gasteiger partial charge in [0.2, 0.25) is 0 Å². The van der Waals surface area contributed by atoms with Crippen LogP contribution in [0.3, 0.4) is 0 Å². The summed E-state index contributed by atoms with van der Waals surface area (Å²) in [5, 5.41) is 13.3. The van der Waals surface area contributed by atoms with Crippen molar-refractivity contribution < 1.29 is 9.90 Å². The average molecular weight is 315 g/mol. The highest BCUT2D eigenvalue weighted by atomic mass is 16.3. The van der Waals surface area contributed by atoms with Crippen LogP contribution in [0, 0.1) is 0 Å². The highest BCUT2D eigenvalue weighted by molar-refractivity contribution is 6.06. The molecule has 0 saturated carbocycles. The summed E-state index contributed by atoms with van der Waals surface area (Å²) < 4.78 is 0. The summed E-state index contributed by atoms with van der Waals surface area (Å²) in [6.45, 7) is 4.29. The molecule has 24 heavy (non-hydrogen) atoms. The molecule has 3 aromatic carbocycles. The molecule has 118 valence electrons. The van der Waals surface area contributed by atoms with E-state index < -0.39 is 5.60 Å². The van der Waals surface area contributed by atoms with Crippen molar-refractivity contribution in [3.63, 3.8) is 0 Å². The Labute approximate surface area is 140 Å². The molecule has 1 aliphatic heterocycles. The first kappa shape index (κ1) is 14.7. The summed E-state index contributed by atoms with van der Waals surface area (Å²) >= 11 is 0. The number of aliphatic hydroxyl groups is 1. The minimum Gasteiger partial charge on any atom is -0.372 e. The SMILES string of the molecule is C=C1CN(c2ccccc2)C(=O)C1(O)c1ccc2ccccc2c1. The summed E-state index contributed by atoms with van der Waals surface area (Å²) in [5.74, 6) is -0.353. The summed E-state index contributed by atoms with van der Waals surface area (Å²) in [7, 11) is 0. The molecule has 1 amide bonds. The van der Waals surface area contributed by atoms with Crippen LogP contribution < -0.4 is 4.90 Å². The summed E-state index contributed by atoms with van der Waals surface area (Å²) in [6, 6.07) is 22.8. The Balaban J connectivity index is 1.80. The molecule has 0 spiro atoms. The van der Waals surface area contributed by atoms with E-state index in [9.17, 15) is 9.90 Å². The summed E-state index contributed by atoms with van der Waals surface area (Å²) in [4.78, 5) is 14.6. The molecule has 1 fully saturated rings. The fraction of sp³-hybridized carbons (Fsp3) is 0.0952. The lowest BCUT2D eigenvalue weighted by Crippen LogP contribution is -2.38. The Bertz CT molecular complexity index is 948. The zero-order chi connectivity index (χ0) is 16.7. The second-order valence-corrected chi connectivity index (χ2v) is 6.10. The van der Waals surface area contributed by atoms with E-state index in [1.807, 2.05) is 66.7 Å². The Kier molecular flexibility index (Phi) is 3.25.